The lowest BCUT2D eigenvalue weighted by atomic mass is 10.1. The monoisotopic (exact) mass is 358 g/mol. The van der Waals surface area contributed by atoms with Crippen molar-refractivity contribution in [3.8, 4) is 0 Å². The zero-order valence-corrected chi connectivity index (χ0v) is 12.4. The van der Waals surface area contributed by atoms with Crippen molar-refractivity contribution < 1.29 is 18.0 Å². The van der Waals surface area contributed by atoms with Crippen molar-refractivity contribution in [2.24, 2.45) is 0 Å². The Balaban J connectivity index is 2.40. The third-order valence-corrected chi connectivity index (χ3v) is 3.39. The van der Waals surface area contributed by atoms with Gasteiger partial charge in [0.2, 0.25) is 0 Å². The van der Waals surface area contributed by atoms with Gasteiger partial charge < -0.3 is 11.1 Å². The van der Waals surface area contributed by atoms with Gasteiger partial charge in [-0.15, -0.1) is 0 Å². The third-order valence-electron chi connectivity index (χ3n) is 2.77. The first-order chi connectivity index (χ1) is 9.79. The minimum Gasteiger partial charge on any atom is -0.399 e. The Kier molecular flexibility index (Phi) is 4.22. The van der Waals surface area contributed by atoms with Gasteiger partial charge in [-0.1, -0.05) is 0 Å². The highest BCUT2D eigenvalue weighted by atomic mass is 79.9. The molecule has 0 bridgehead atoms. The second-order valence-electron chi connectivity index (χ2n) is 4.40. The van der Waals surface area contributed by atoms with Gasteiger partial charge in [-0.3, -0.25) is 4.79 Å². The first kappa shape index (κ1) is 15.4. The van der Waals surface area contributed by atoms with Crippen molar-refractivity contribution >= 4 is 33.2 Å². The Bertz CT molecular complexity index is 711. The van der Waals surface area contributed by atoms with Crippen LogP contribution in [0.4, 0.5) is 24.5 Å². The van der Waals surface area contributed by atoms with E-state index >= 15 is 0 Å². The van der Waals surface area contributed by atoms with E-state index in [-0.39, 0.29) is 27.0 Å². The highest BCUT2D eigenvalue weighted by molar-refractivity contribution is 9.10. The molecule has 21 heavy (non-hydrogen) atoms. The fourth-order valence-electron chi connectivity index (χ4n) is 1.81. The van der Waals surface area contributed by atoms with Gasteiger partial charge in [0.05, 0.1) is 11.3 Å². The Labute approximate surface area is 127 Å². The number of nitrogen functional groups attached to an aromatic ring is 1. The third kappa shape index (κ3) is 3.18. The van der Waals surface area contributed by atoms with Crippen LogP contribution in [-0.2, 0) is 0 Å². The van der Waals surface area contributed by atoms with E-state index in [2.05, 4.69) is 21.2 Å². The largest absolute Gasteiger partial charge is 0.399 e. The fraction of sp³-hybridized carbons (Fsp3) is 0.0714. The van der Waals surface area contributed by atoms with E-state index in [9.17, 15) is 18.0 Å². The maximum atomic E-state index is 13.9. The normalized spacial score (nSPS) is 10.5. The van der Waals surface area contributed by atoms with Gasteiger partial charge in [0, 0.05) is 16.2 Å². The van der Waals surface area contributed by atoms with E-state index in [0.717, 1.165) is 12.1 Å². The maximum Gasteiger partial charge on any atom is 0.258 e. The van der Waals surface area contributed by atoms with Crippen molar-refractivity contribution in [3.63, 3.8) is 0 Å². The van der Waals surface area contributed by atoms with Crippen LogP contribution < -0.4 is 11.1 Å². The second-order valence-corrected chi connectivity index (χ2v) is 5.25. The quantitative estimate of drug-likeness (QED) is 0.797. The highest BCUT2D eigenvalue weighted by Crippen LogP contribution is 2.28. The number of nitrogens with one attached hydrogen (secondary N) is 1. The summed E-state index contributed by atoms with van der Waals surface area (Å²) in [5, 5.41) is 2.19. The molecule has 3 nitrogen and oxygen atoms in total. The number of amides is 1. The highest BCUT2D eigenvalue weighted by Gasteiger charge is 2.18. The van der Waals surface area contributed by atoms with Crippen LogP contribution in [0.15, 0.2) is 28.7 Å². The van der Waals surface area contributed by atoms with Gasteiger partial charge in [-0.2, -0.15) is 0 Å². The first-order valence-electron chi connectivity index (χ1n) is 5.81. The standard InChI is InChI=1S/C14H10BrF3N2O/c1-6-2-8(19)5-9(12(6)18)14(21)20-13-10(15)3-7(16)4-11(13)17/h2-5H,19H2,1H3,(H,20,21). The molecule has 3 N–H and O–H groups in total. The van der Waals surface area contributed by atoms with Crippen LogP contribution in [0.1, 0.15) is 15.9 Å². The number of nitrogens with two attached hydrogens (primary N) is 1. The Morgan fingerprint density at radius 2 is 1.86 bits per heavy atom. The summed E-state index contributed by atoms with van der Waals surface area (Å²) in [4.78, 5) is 12.0. The summed E-state index contributed by atoms with van der Waals surface area (Å²) in [6, 6.07) is 4.12. The van der Waals surface area contributed by atoms with E-state index < -0.39 is 23.4 Å². The maximum absolute atomic E-state index is 13.9. The average molecular weight is 359 g/mol. The van der Waals surface area contributed by atoms with Crippen LogP contribution in [0.2, 0.25) is 0 Å². The molecule has 0 saturated heterocycles. The Morgan fingerprint density at radius 1 is 1.19 bits per heavy atom. The van der Waals surface area contributed by atoms with Crippen LogP contribution in [0.3, 0.4) is 0 Å². The minimum absolute atomic E-state index is 0.00869. The number of carbonyl (C=O) groups is 1. The summed E-state index contributed by atoms with van der Waals surface area (Å²) >= 11 is 2.93. The molecule has 0 spiro atoms. The Hall–Kier alpha value is -2.02. The molecule has 0 aliphatic rings. The molecule has 1 amide bonds. The van der Waals surface area contributed by atoms with E-state index in [1.165, 1.54) is 13.0 Å². The van der Waals surface area contributed by atoms with Crippen molar-refractivity contribution in [1.82, 2.24) is 0 Å². The summed E-state index contributed by atoms with van der Waals surface area (Å²) < 4.78 is 40.5. The number of carbonyl (C=O) groups excluding carboxylic acids is 1. The zero-order chi connectivity index (χ0) is 15.7. The molecule has 0 aliphatic heterocycles. The summed E-state index contributed by atoms with van der Waals surface area (Å²) in [5.74, 6) is -3.41. The lowest BCUT2D eigenvalue weighted by Gasteiger charge is -2.11. The molecule has 2 rings (SSSR count). The van der Waals surface area contributed by atoms with Crippen molar-refractivity contribution in [3.05, 3.63) is 57.3 Å². The van der Waals surface area contributed by atoms with E-state index in [1.54, 1.807) is 0 Å². The number of hydrogen-bond donors (Lipinski definition) is 2. The van der Waals surface area contributed by atoms with Gasteiger partial charge >= 0.3 is 0 Å². The zero-order valence-electron chi connectivity index (χ0n) is 10.8. The van der Waals surface area contributed by atoms with E-state index in [0.29, 0.717) is 6.07 Å². The average Bonchev–Trinajstić information content (AvgIpc) is 2.37. The van der Waals surface area contributed by atoms with Gasteiger partial charge in [0.1, 0.15) is 11.6 Å². The molecule has 0 atom stereocenters. The van der Waals surface area contributed by atoms with E-state index in [4.69, 9.17) is 5.73 Å². The van der Waals surface area contributed by atoms with Crippen LogP contribution in [0, 0.1) is 24.4 Å². The fourth-order valence-corrected chi connectivity index (χ4v) is 2.31. The lowest BCUT2D eigenvalue weighted by molar-refractivity contribution is 0.102. The van der Waals surface area contributed by atoms with Gasteiger partial charge in [0.15, 0.2) is 5.82 Å². The molecule has 0 heterocycles. The Morgan fingerprint density at radius 3 is 2.48 bits per heavy atom. The molecule has 0 saturated carbocycles. The summed E-state index contributed by atoms with van der Waals surface area (Å²) in [7, 11) is 0. The summed E-state index contributed by atoms with van der Waals surface area (Å²) in [6.45, 7) is 1.46. The second kappa shape index (κ2) is 5.77. The van der Waals surface area contributed by atoms with Crippen molar-refractivity contribution in [1.29, 1.82) is 0 Å². The number of benzene rings is 2. The molecule has 0 aliphatic carbocycles. The number of aryl methyl sites for hydroxylation is 1. The molecule has 0 radical (unpaired) electrons. The molecule has 0 aromatic heterocycles. The molecule has 110 valence electrons. The topological polar surface area (TPSA) is 55.1 Å². The van der Waals surface area contributed by atoms with Crippen molar-refractivity contribution in [2.45, 2.75) is 6.92 Å². The molecule has 0 unspecified atom stereocenters. The van der Waals surface area contributed by atoms with Gasteiger partial charge in [-0.05, 0) is 46.6 Å². The van der Waals surface area contributed by atoms with Crippen LogP contribution in [-0.4, -0.2) is 5.91 Å². The predicted octanol–water partition coefficient (Wildman–Crippen LogP) is 4.01. The molecular weight excluding hydrogens is 349 g/mol. The molecule has 0 fully saturated rings. The molecule has 2 aromatic carbocycles. The van der Waals surface area contributed by atoms with E-state index in [1.807, 2.05) is 0 Å². The smallest absolute Gasteiger partial charge is 0.258 e. The number of hydrogen-bond acceptors (Lipinski definition) is 2. The molecule has 7 heteroatoms. The molecule has 2 aromatic rings. The van der Waals surface area contributed by atoms with Crippen LogP contribution in [0.25, 0.3) is 0 Å². The number of anilines is 2. The first-order valence-corrected chi connectivity index (χ1v) is 6.60. The number of halogens is 4. The lowest BCUT2D eigenvalue weighted by Crippen LogP contribution is -2.16. The SMILES string of the molecule is Cc1cc(N)cc(C(=O)Nc2c(F)cc(F)cc2Br)c1F. The molecular formula is C14H10BrF3N2O. The van der Waals surface area contributed by atoms with Crippen molar-refractivity contribution in [2.75, 3.05) is 11.1 Å². The minimum atomic E-state index is -0.976. The number of rotatable bonds is 2. The van der Waals surface area contributed by atoms with Gasteiger partial charge in [-0.25, -0.2) is 13.2 Å². The summed E-state index contributed by atoms with van der Waals surface area (Å²) in [6.07, 6.45) is 0. The summed E-state index contributed by atoms with van der Waals surface area (Å²) in [5.41, 5.74) is 5.37. The van der Waals surface area contributed by atoms with Crippen LogP contribution >= 0.6 is 15.9 Å². The predicted molar refractivity (Wildman–Crippen MR) is 77.6 cm³/mol. The van der Waals surface area contributed by atoms with Crippen LogP contribution in [0.5, 0.6) is 0 Å². The van der Waals surface area contributed by atoms with Gasteiger partial charge in [0.25, 0.3) is 5.91 Å².